The summed E-state index contributed by atoms with van der Waals surface area (Å²) in [5, 5.41) is 6.94. The molecule has 138 valence electrons. The maximum atomic E-state index is 5.39. The molecular formula is C17H37IN4O. The van der Waals surface area contributed by atoms with Crippen LogP contribution >= 0.6 is 24.0 Å². The lowest BCUT2D eigenvalue weighted by Crippen LogP contribution is -2.46. The van der Waals surface area contributed by atoms with Crippen LogP contribution in [0.25, 0.3) is 0 Å². The molecule has 2 N–H and O–H groups in total. The molecule has 1 aliphatic rings. The molecule has 0 radical (unpaired) electrons. The van der Waals surface area contributed by atoms with Crippen molar-refractivity contribution in [3.63, 3.8) is 0 Å². The molecule has 6 heteroatoms. The minimum Gasteiger partial charge on any atom is -0.379 e. The molecule has 0 saturated carbocycles. The highest BCUT2D eigenvalue weighted by Crippen LogP contribution is 2.06. The fourth-order valence-electron chi connectivity index (χ4n) is 2.64. The van der Waals surface area contributed by atoms with Gasteiger partial charge >= 0.3 is 0 Å². The Bertz CT molecular complexity index is 320. The first-order valence-electron chi connectivity index (χ1n) is 8.78. The molecule has 1 heterocycles. The van der Waals surface area contributed by atoms with Crippen LogP contribution in [0.1, 0.15) is 40.5 Å². The predicted molar refractivity (Wildman–Crippen MR) is 110 cm³/mol. The summed E-state index contributed by atoms with van der Waals surface area (Å²) >= 11 is 0. The van der Waals surface area contributed by atoms with E-state index in [0.29, 0.717) is 12.0 Å². The summed E-state index contributed by atoms with van der Waals surface area (Å²) in [5.74, 6) is 2.28. The van der Waals surface area contributed by atoms with Gasteiger partial charge in [-0.15, -0.1) is 24.0 Å². The average molecular weight is 440 g/mol. The number of halogens is 1. The highest BCUT2D eigenvalue weighted by molar-refractivity contribution is 14.0. The van der Waals surface area contributed by atoms with E-state index in [-0.39, 0.29) is 24.0 Å². The van der Waals surface area contributed by atoms with Gasteiger partial charge in [0.25, 0.3) is 0 Å². The summed E-state index contributed by atoms with van der Waals surface area (Å²) < 4.78 is 5.39. The molecule has 0 aliphatic carbocycles. The van der Waals surface area contributed by atoms with Gasteiger partial charge in [0.1, 0.15) is 0 Å². The topological polar surface area (TPSA) is 48.9 Å². The SMILES string of the molecule is CN=C(NCC(C)CN1CCOCC1)NC(C)CCC(C)C.I. The minimum absolute atomic E-state index is 0. The second-order valence-corrected chi connectivity index (χ2v) is 6.99. The van der Waals surface area contributed by atoms with E-state index in [0.717, 1.165) is 51.3 Å². The van der Waals surface area contributed by atoms with Gasteiger partial charge in [-0.1, -0.05) is 20.8 Å². The van der Waals surface area contributed by atoms with Crippen molar-refractivity contribution < 1.29 is 4.74 Å². The monoisotopic (exact) mass is 440 g/mol. The number of morpholine rings is 1. The van der Waals surface area contributed by atoms with Crippen LogP contribution in [0.2, 0.25) is 0 Å². The van der Waals surface area contributed by atoms with Gasteiger partial charge in [0.05, 0.1) is 13.2 Å². The molecule has 0 aromatic rings. The van der Waals surface area contributed by atoms with Gasteiger partial charge in [-0.25, -0.2) is 0 Å². The first kappa shape index (κ1) is 22.9. The molecule has 0 aromatic carbocycles. The third kappa shape index (κ3) is 11.2. The number of nitrogens with one attached hydrogen (secondary N) is 2. The Balaban J connectivity index is 0.00000484. The summed E-state index contributed by atoms with van der Waals surface area (Å²) in [5.41, 5.74) is 0. The van der Waals surface area contributed by atoms with E-state index in [1.165, 1.54) is 12.8 Å². The standard InChI is InChI=1S/C17H36N4O.HI/c1-14(2)6-7-16(4)20-17(18-5)19-12-15(3)13-21-8-10-22-11-9-21;/h14-16H,6-13H2,1-5H3,(H2,18,19,20);1H. The Kier molecular flexibility index (Phi) is 13.2. The number of nitrogens with zero attached hydrogens (tertiary/aromatic N) is 2. The molecule has 5 nitrogen and oxygen atoms in total. The summed E-state index contributed by atoms with van der Waals surface area (Å²) in [6.07, 6.45) is 2.43. The molecule has 0 spiro atoms. The van der Waals surface area contributed by atoms with Crippen LogP contribution in [0.4, 0.5) is 0 Å². The zero-order valence-electron chi connectivity index (χ0n) is 15.6. The highest BCUT2D eigenvalue weighted by atomic mass is 127. The van der Waals surface area contributed by atoms with Crippen molar-refractivity contribution in [2.45, 2.75) is 46.6 Å². The fourth-order valence-corrected chi connectivity index (χ4v) is 2.64. The zero-order valence-corrected chi connectivity index (χ0v) is 17.9. The third-order valence-electron chi connectivity index (χ3n) is 4.08. The number of hydrogen-bond acceptors (Lipinski definition) is 3. The van der Waals surface area contributed by atoms with E-state index in [9.17, 15) is 0 Å². The Morgan fingerprint density at radius 1 is 1.13 bits per heavy atom. The summed E-state index contributed by atoms with van der Waals surface area (Å²) in [6, 6.07) is 0.461. The normalized spacial score (nSPS) is 19.1. The van der Waals surface area contributed by atoms with Crippen molar-refractivity contribution in [3.05, 3.63) is 0 Å². The van der Waals surface area contributed by atoms with Crippen LogP contribution in [0, 0.1) is 11.8 Å². The smallest absolute Gasteiger partial charge is 0.191 e. The van der Waals surface area contributed by atoms with E-state index in [2.05, 4.69) is 48.2 Å². The van der Waals surface area contributed by atoms with Gasteiger partial charge in [-0.05, 0) is 31.6 Å². The number of guanidine groups is 1. The average Bonchev–Trinajstić information content (AvgIpc) is 2.50. The van der Waals surface area contributed by atoms with E-state index in [4.69, 9.17) is 4.74 Å². The van der Waals surface area contributed by atoms with Gasteiger partial charge < -0.3 is 15.4 Å². The number of aliphatic imine (C=N–C) groups is 1. The molecule has 0 amide bonds. The van der Waals surface area contributed by atoms with Gasteiger partial charge in [-0.2, -0.15) is 0 Å². The van der Waals surface area contributed by atoms with Crippen LogP contribution in [0.3, 0.4) is 0 Å². The number of ether oxygens (including phenoxy) is 1. The maximum Gasteiger partial charge on any atom is 0.191 e. The summed E-state index contributed by atoms with van der Waals surface area (Å²) in [6.45, 7) is 15.0. The van der Waals surface area contributed by atoms with Crippen LogP contribution in [-0.2, 0) is 4.74 Å². The molecule has 1 aliphatic heterocycles. The van der Waals surface area contributed by atoms with Crippen LogP contribution in [0.15, 0.2) is 4.99 Å². The molecule has 0 bridgehead atoms. The lowest BCUT2D eigenvalue weighted by molar-refractivity contribution is 0.0320. The van der Waals surface area contributed by atoms with Crippen LogP contribution in [-0.4, -0.2) is 63.3 Å². The second kappa shape index (κ2) is 13.2. The highest BCUT2D eigenvalue weighted by Gasteiger charge is 2.14. The minimum atomic E-state index is 0. The molecule has 1 rings (SSSR count). The molecule has 2 unspecified atom stereocenters. The van der Waals surface area contributed by atoms with Gasteiger partial charge in [0, 0.05) is 39.3 Å². The molecule has 23 heavy (non-hydrogen) atoms. The molecule has 1 saturated heterocycles. The van der Waals surface area contributed by atoms with Gasteiger partial charge in [-0.3, -0.25) is 9.89 Å². The third-order valence-corrected chi connectivity index (χ3v) is 4.08. The van der Waals surface area contributed by atoms with E-state index >= 15 is 0 Å². The van der Waals surface area contributed by atoms with Crippen molar-refractivity contribution in [1.82, 2.24) is 15.5 Å². The lowest BCUT2D eigenvalue weighted by atomic mass is 10.0. The zero-order chi connectivity index (χ0) is 16.4. The van der Waals surface area contributed by atoms with Gasteiger partial charge in [0.15, 0.2) is 5.96 Å². The Morgan fingerprint density at radius 3 is 2.35 bits per heavy atom. The molecule has 0 aromatic heterocycles. The quantitative estimate of drug-likeness (QED) is 0.346. The predicted octanol–water partition coefficient (Wildman–Crippen LogP) is 2.56. The van der Waals surface area contributed by atoms with Crippen molar-refractivity contribution >= 4 is 29.9 Å². The van der Waals surface area contributed by atoms with Crippen molar-refractivity contribution in [2.75, 3.05) is 46.4 Å². The van der Waals surface area contributed by atoms with E-state index < -0.39 is 0 Å². The number of rotatable bonds is 8. The second-order valence-electron chi connectivity index (χ2n) is 6.99. The van der Waals surface area contributed by atoms with Gasteiger partial charge in [0.2, 0.25) is 0 Å². The molecule has 1 fully saturated rings. The Hall–Kier alpha value is -0.0800. The van der Waals surface area contributed by atoms with Crippen molar-refractivity contribution in [3.8, 4) is 0 Å². The number of hydrogen-bond donors (Lipinski definition) is 2. The Labute approximate surface area is 160 Å². The summed E-state index contributed by atoms with van der Waals surface area (Å²) in [7, 11) is 1.84. The Morgan fingerprint density at radius 2 is 1.78 bits per heavy atom. The summed E-state index contributed by atoms with van der Waals surface area (Å²) in [4.78, 5) is 6.82. The largest absolute Gasteiger partial charge is 0.379 e. The van der Waals surface area contributed by atoms with Crippen molar-refractivity contribution in [2.24, 2.45) is 16.8 Å². The van der Waals surface area contributed by atoms with Crippen molar-refractivity contribution in [1.29, 1.82) is 0 Å². The first-order valence-corrected chi connectivity index (χ1v) is 8.78. The van der Waals surface area contributed by atoms with E-state index in [1.54, 1.807) is 0 Å². The van der Waals surface area contributed by atoms with Crippen LogP contribution in [0.5, 0.6) is 0 Å². The molecule has 2 atom stereocenters. The maximum absolute atomic E-state index is 5.39. The lowest BCUT2D eigenvalue weighted by Gasteiger charge is -2.29. The fraction of sp³-hybridized carbons (Fsp3) is 0.941. The van der Waals surface area contributed by atoms with Crippen LogP contribution < -0.4 is 10.6 Å². The van der Waals surface area contributed by atoms with E-state index in [1.807, 2.05) is 7.05 Å². The first-order chi connectivity index (χ1) is 10.5. The molecular weight excluding hydrogens is 403 g/mol.